The quantitative estimate of drug-likeness (QED) is 0.166. The molecule has 0 amide bonds. The Kier molecular flexibility index (Phi) is 9.18. The molecular formula is C60H44O2. The van der Waals surface area contributed by atoms with Crippen molar-refractivity contribution in [1.29, 1.82) is 0 Å². The van der Waals surface area contributed by atoms with Crippen LogP contribution in [0.15, 0.2) is 246 Å². The van der Waals surface area contributed by atoms with Gasteiger partial charge in [0, 0.05) is 44.6 Å². The van der Waals surface area contributed by atoms with Crippen LogP contribution in [0.3, 0.4) is 0 Å². The zero-order valence-electron chi connectivity index (χ0n) is 35.3. The van der Waals surface area contributed by atoms with Crippen LogP contribution in [0.2, 0.25) is 0 Å². The summed E-state index contributed by atoms with van der Waals surface area (Å²) in [6.45, 7) is 8.54. The van der Waals surface area contributed by atoms with E-state index in [1.807, 2.05) is 12.2 Å². The van der Waals surface area contributed by atoms with Crippen molar-refractivity contribution in [3.8, 4) is 0 Å². The summed E-state index contributed by atoms with van der Waals surface area (Å²) in [4.78, 5) is 0. The van der Waals surface area contributed by atoms with Gasteiger partial charge in [0.15, 0.2) is 0 Å². The maximum atomic E-state index is 7.35. The first kappa shape index (κ1) is 37.5. The standard InChI is InChI=1S/C60H44O2/c1-37-15-23-41(24-16-37)57-49-35-50(46-12-8-5-7-11-45(46)49)58(42-25-17-38(2)18-26-42)55-33-34-56(62-55)60(44-29-21-40(4)22-30-44)52-36-51(47-13-9-6-10-14-48(47)52)59(54-32-31-53(57)61-54)43-27-19-39(3)20-28-43/h5-11,13,15-34,57-60H,1-4H3/t57-,58-,59+,60+. The predicted octanol–water partition coefficient (Wildman–Crippen LogP) is 14.4. The van der Waals surface area contributed by atoms with Gasteiger partial charge < -0.3 is 8.83 Å². The Labute approximate surface area is 363 Å². The van der Waals surface area contributed by atoms with E-state index < -0.39 is 0 Å². The lowest BCUT2D eigenvalue weighted by Gasteiger charge is -2.22. The molecule has 3 heterocycles. The normalized spacial score (nSPS) is 20.7. The molecule has 0 saturated carbocycles. The summed E-state index contributed by atoms with van der Waals surface area (Å²) >= 11 is 0. The molecule has 4 aliphatic carbocycles. The van der Waals surface area contributed by atoms with E-state index in [1.54, 1.807) is 0 Å². The zero-order chi connectivity index (χ0) is 41.9. The molecule has 2 nitrogen and oxygen atoms in total. The van der Waals surface area contributed by atoms with Crippen molar-refractivity contribution in [1.82, 2.24) is 0 Å². The highest BCUT2D eigenvalue weighted by Gasteiger charge is 2.40. The van der Waals surface area contributed by atoms with Crippen molar-refractivity contribution in [2.24, 2.45) is 0 Å². The summed E-state index contributed by atoms with van der Waals surface area (Å²) in [6, 6.07) is 44.1. The summed E-state index contributed by atoms with van der Waals surface area (Å²) in [5, 5.41) is 0. The Morgan fingerprint density at radius 3 is 0.935 bits per heavy atom. The lowest BCUT2D eigenvalue weighted by Crippen LogP contribution is -2.08. The molecule has 8 bridgehead atoms. The predicted molar refractivity (Wildman–Crippen MR) is 248 cm³/mol. The SMILES string of the molecule is Cc1ccc([C@H]2C3=C=C(C4=CC=CC=C=C34)[C@H](c3ccc(C)cc3)c3ccc(o3)[C@H](c3ccc(C)cc3)C3=C=C(C4=C=CC=CC=C43)[C@@H](c3ccc(C)cc3)c3ccc2o3)cc1. The van der Waals surface area contributed by atoms with Crippen LogP contribution in [0.1, 0.15) is 91.2 Å². The second-order valence-corrected chi connectivity index (χ2v) is 17.1. The Morgan fingerprint density at radius 2 is 0.629 bits per heavy atom. The third kappa shape index (κ3) is 6.48. The largest absolute Gasteiger partial charge is 0.464 e. The van der Waals surface area contributed by atoms with Crippen LogP contribution in [-0.2, 0) is 0 Å². The van der Waals surface area contributed by atoms with Crippen LogP contribution in [0.4, 0.5) is 0 Å². The first-order valence-electron chi connectivity index (χ1n) is 21.5. The summed E-state index contributed by atoms with van der Waals surface area (Å²) < 4.78 is 14.7. The van der Waals surface area contributed by atoms with Crippen molar-refractivity contribution in [2.45, 2.75) is 51.4 Å². The fourth-order valence-corrected chi connectivity index (χ4v) is 9.62. The molecule has 5 aliphatic rings. The molecule has 1 aliphatic heterocycles. The molecule has 0 N–H and O–H groups in total. The van der Waals surface area contributed by atoms with Crippen LogP contribution < -0.4 is 0 Å². The highest BCUT2D eigenvalue weighted by atomic mass is 16.3. The molecule has 11 rings (SSSR count). The van der Waals surface area contributed by atoms with E-state index in [0.717, 1.165) is 89.9 Å². The Balaban J connectivity index is 1.26. The fourth-order valence-electron chi connectivity index (χ4n) is 9.62. The molecular weight excluding hydrogens is 753 g/mol. The van der Waals surface area contributed by atoms with E-state index in [2.05, 4.69) is 208 Å². The van der Waals surface area contributed by atoms with Crippen LogP contribution in [-0.4, -0.2) is 0 Å². The Hall–Kier alpha value is -7.52. The summed E-state index contributed by atoms with van der Waals surface area (Å²) in [5.74, 6) is 2.32. The Bertz CT molecular complexity index is 3000. The van der Waals surface area contributed by atoms with Crippen molar-refractivity contribution >= 4 is 0 Å². The molecule has 4 atom stereocenters. The molecule has 0 radical (unpaired) electrons. The van der Waals surface area contributed by atoms with Gasteiger partial charge in [-0.1, -0.05) is 156 Å². The van der Waals surface area contributed by atoms with Gasteiger partial charge in [0.05, 0.1) is 23.7 Å². The number of benzene rings is 4. The number of hydrogen-bond donors (Lipinski definition) is 0. The van der Waals surface area contributed by atoms with E-state index in [0.29, 0.717) is 0 Å². The van der Waals surface area contributed by atoms with Crippen molar-refractivity contribution in [2.75, 3.05) is 0 Å². The summed E-state index contributed by atoms with van der Waals surface area (Å²) in [6.07, 6.45) is 16.8. The maximum Gasteiger partial charge on any atom is 0.116 e. The number of fused-ring (bicyclic) bond motifs is 10. The number of rotatable bonds is 4. The number of aryl methyl sites for hydroxylation is 4. The monoisotopic (exact) mass is 796 g/mol. The van der Waals surface area contributed by atoms with Gasteiger partial charge in [-0.25, -0.2) is 0 Å². The van der Waals surface area contributed by atoms with E-state index in [-0.39, 0.29) is 23.7 Å². The Morgan fingerprint density at radius 1 is 0.339 bits per heavy atom. The van der Waals surface area contributed by atoms with Crippen molar-refractivity contribution < 1.29 is 8.83 Å². The molecule has 2 aromatic heterocycles. The minimum absolute atomic E-state index is 0.262. The van der Waals surface area contributed by atoms with Gasteiger partial charge in [-0.2, -0.15) is 0 Å². The molecule has 296 valence electrons. The lowest BCUT2D eigenvalue weighted by atomic mass is 9.82. The van der Waals surface area contributed by atoms with E-state index in [9.17, 15) is 0 Å². The molecule has 0 unspecified atom stereocenters. The molecule has 6 aromatic rings. The van der Waals surface area contributed by atoms with Gasteiger partial charge in [0.2, 0.25) is 0 Å². The van der Waals surface area contributed by atoms with Gasteiger partial charge in [0.1, 0.15) is 23.0 Å². The van der Waals surface area contributed by atoms with E-state index >= 15 is 0 Å². The molecule has 2 heteroatoms. The summed E-state index contributed by atoms with van der Waals surface area (Å²) in [5.41, 5.74) is 33.2. The van der Waals surface area contributed by atoms with Crippen molar-refractivity contribution in [3.63, 3.8) is 0 Å². The number of hydrogen-bond acceptors (Lipinski definition) is 2. The van der Waals surface area contributed by atoms with Gasteiger partial charge in [-0.05, 0) is 86.4 Å². The van der Waals surface area contributed by atoms with Crippen molar-refractivity contribution in [3.05, 3.63) is 305 Å². The molecule has 4 aromatic carbocycles. The third-order valence-electron chi connectivity index (χ3n) is 12.8. The van der Waals surface area contributed by atoms with E-state index in [4.69, 9.17) is 8.83 Å². The number of allylic oxidation sites excluding steroid dienone is 12. The minimum Gasteiger partial charge on any atom is -0.464 e. The van der Waals surface area contributed by atoms with Crippen LogP contribution in [0.5, 0.6) is 0 Å². The fraction of sp³-hybridized carbons (Fsp3) is 0.133. The first-order valence-corrected chi connectivity index (χ1v) is 21.5. The molecule has 0 spiro atoms. The third-order valence-corrected chi connectivity index (χ3v) is 12.8. The molecule has 0 saturated heterocycles. The average molecular weight is 797 g/mol. The van der Waals surface area contributed by atoms with E-state index in [1.165, 1.54) is 22.3 Å². The van der Waals surface area contributed by atoms with Gasteiger partial charge >= 0.3 is 0 Å². The summed E-state index contributed by atoms with van der Waals surface area (Å²) in [7, 11) is 0. The minimum atomic E-state index is -0.275. The van der Waals surface area contributed by atoms with Gasteiger partial charge in [-0.3, -0.25) is 0 Å². The topological polar surface area (TPSA) is 26.3 Å². The average Bonchev–Trinajstić information content (AvgIpc) is 4.02. The number of furan rings is 2. The first-order chi connectivity index (χ1) is 30.4. The highest BCUT2D eigenvalue weighted by molar-refractivity contribution is 5.72. The highest BCUT2D eigenvalue weighted by Crippen LogP contribution is 2.53. The second kappa shape index (κ2) is 15.2. The smallest absolute Gasteiger partial charge is 0.116 e. The maximum absolute atomic E-state index is 7.35. The second-order valence-electron chi connectivity index (χ2n) is 17.1. The van der Waals surface area contributed by atoms with Gasteiger partial charge in [-0.15, -0.1) is 22.9 Å². The van der Waals surface area contributed by atoms with Crippen LogP contribution in [0.25, 0.3) is 0 Å². The molecule has 0 fully saturated rings. The molecule has 62 heavy (non-hydrogen) atoms. The van der Waals surface area contributed by atoms with Crippen LogP contribution in [0, 0.1) is 27.7 Å². The lowest BCUT2D eigenvalue weighted by molar-refractivity contribution is 0.454. The zero-order valence-corrected chi connectivity index (χ0v) is 35.3. The van der Waals surface area contributed by atoms with Crippen LogP contribution >= 0.6 is 0 Å². The van der Waals surface area contributed by atoms with Gasteiger partial charge in [0.25, 0.3) is 0 Å².